The zero-order valence-corrected chi connectivity index (χ0v) is 23.7. The number of amides is 2. The number of carbonyl (C=O) groups is 2. The van der Waals surface area contributed by atoms with Crippen molar-refractivity contribution in [2.45, 2.75) is 64.0 Å². The zero-order valence-electron chi connectivity index (χ0n) is 21.3. The van der Waals surface area contributed by atoms with E-state index in [-0.39, 0.29) is 34.2 Å². The van der Waals surface area contributed by atoms with Crippen LogP contribution in [0.15, 0.2) is 48.5 Å². The summed E-state index contributed by atoms with van der Waals surface area (Å²) < 4.78 is 26.4. The maximum Gasteiger partial charge on any atom is 0.244 e. The van der Waals surface area contributed by atoms with E-state index in [1.807, 2.05) is 37.3 Å². The summed E-state index contributed by atoms with van der Waals surface area (Å²) >= 11 is 12.4. The van der Waals surface area contributed by atoms with E-state index in [2.05, 4.69) is 5.32 Å². The molecule has 1 saturated carbocycles. The molecule has 1 aliphatic rings. The van der Waals surface area contributed by atoms with Crippen LogP contribution in [0.4, 0.5) is 5.69 Å². The van der Waals surface area contributed by atoms with E-state index in [4.69, 9.17) is 23.2 Å². The molecule has 2 amide bonds. The minimum atomic E-state index is -3.89. The summed E-state index contributed by atoms with van der Waals surface area (Å²) in [4.78, 5) is 28.6. The number of halogens is 2. The van der Waals surface area contributed by atoms with E-state index in [9.17, 15) is 18.0 Å². The number of hydrogen-bond acceptors (Lipinski definition) is 4. The molecular formula is C27H35Cl2N3O4S. The Bertz CT molecular complexity index is 1170. The SMILES string of the molecule is CC[C@H](C(=O)NC1CCCCC1)N(CCc1ccccc1)C(=O)CN(c1cccc(Cl)c1Cl)S(C)(=O)=O. The lowest BCUT2D eigenvalue weighted by atomic mass is 9.95. The second-order valence-electron chi connectivity index (χ2n) is 9.43. The number of sulfonamides is 1. The van der Waals surface area contributed by atoms with E-state index >= 15 is 0 Å². The van der Waals surface area contributed by atoms with Crippen LogP contribution in [-0.4, -0.2) is 56.6 Å². The maximum atomic E-state index is 13.8. The van der Waals surface area contributed by atoms with Crippen molar-refractivity contribution >= 4 is 50.7 Å². The van der Waals surface area contributed by atoms with Crippen LogP contribution in [0.5, 0.6) is 0 Å². The first-order chi connectivity index (χ1) is 17.6. The average molecular weight is 569 g/mol. The van der Waals surface area contributed by atoms with Crippen LogP contribution < -0.4 is 9.62 Å². The summed E-state index contributed by atoms with van der Waals surface area (Å²) in [6.07, 6.45) is 7.10. The number of benzene rings is 2. The van der Waals surface area contributed by atoms with Crippen LogP contribution in [0.1, 0.15) is 51.0 Å². The second kappa shape index (κ2) is 13.5. The van der Waals surface area contributed by atoms with Gasteiger partial charge in [-0.1, -0.05) is 85.8 Å². The summed E-state index contributed by atoms with van der Waals surface area (Å²) in [5.74, 6) is -0.689. The topological polar surface area (TPSA) is 86.8 Å². The normalized spacial score (nSPS) is 15.1. The van der Waals surface area contributed by atoms with Crippen molar-refractivity contribution in [1.29, 1.82) is 0 Å². The van der Waals surface area contributed by atoms with Gasteiger partial charge in [0.25, 0.3) is 0 Å². The molecule has 0 heterocycles. The van der Waals surface area contributed by atoms with E-state index in [0.717, 1.165) is 41.8 Å². The highest BCUT2D eigenvalue weighted by molar-refractivity contribution is 7.92. The van der Waals surface area contributed by atoms with Crippen molar-refractivity contribution in [3.05, 3.63) is 64.1 Å². The molecule has 0 saturated heterocycles. The van der Waals surface area contributed by atoms with Crippen molar-refractivity contribution < 1.29 is 18.0 Å². The fraction of sp³-hybridized carbons (Fsp3) is 0.481. The summed E-state index contributed by atoms with van der Waals surface area (Å²) in [5.41, 5.74) is 1.13. The molecule has 37 heavy (non-hydrogen) atoms. The van der Waals surface area contributed by atoms with Gasteiger partial charge in [-0.2, -0.15) is 0 Å². The molecule has 0 spiro atoms. The van der Waals surface area contributed by atoms with Gasteiger partial charge in [0.15, 0.2) is 0 Å². The van der Waals surface area contributed by atoms with Gasteiger partial charge in [0, 0.05) is 12.6 Å². The van der Waals surface area contributed by atoms with Gasteiger partial charge >= 0.3 is 0 Å². The Morgan fingerprint density at radius 1 is 1.03 bits per heavy atom. The van der Waals surface area contributed by atoms with Crippen LogP contribution in [0, 0.1) is 0 Å². The third-order valence-corrected chi connectivity index (χ3v) is 8.64. The maximum absolute atomic E-state index is 13.8. The monoisotopic (exact) mass is 567 g/mol. The van der Waals surface area contributed by atoms with Crippen molar-refractivity contribution in [3.8, 4) is 0 Å². The Morgan fingerprint density at radius 2 is 1.70 bits per heavy atom. The zero-order chi connectivity index (χ0) is 27.0. The lowest BCUT2D eigenvalue weighted by Gasteiger charge is -2.34. The highest BCUT2D eigenvalue weighted by Gasteiger charge is 2.33. The first-order valence-corrected chi connectivity index (χ1v) is 15.3. The third kappa shape index (κ3) is 8.09. The van der Waals surface area contributed by atoms with Crippen LogP contribution in [0.3, 0.4) is 0 Å². The largest absolute Gasteiger partial charge is 0.352 e. The standard InChI is InChI=1S/C27H35Cl2N3O4S/c1-3-23(27(34)30-21-13-8-5-9-14-21)31(18-17-20-11-6-4-7-12-20)25(33)19-32(37(2,35)36)24-16-10-15-22(28)26(24)29/h4,6-7,10-12,15-16,21,23H,3,5,8-9,13-14,17-19H2,1-2H3,(H,30,34)/t23-/m1/s1. The van der Waals surface area contributed by atoms with Crippen molar-refractivity contribution in [1.82, 2.24) is 10.2 Å². The first-order valence-electron chi connectivity index (χ1n) is 12.7. The molecular weight excluding hydrogens is 533 g/mol. The number of rotatable bonds is 11. The average Bonchev–Trinajstić information content (AvgIpc) is 2.87. The molecule has 7 nitrogen and oxygen atoms in total. The van der Waals surface area contributed by atoms with Crippen LogP contribution in [0.2, 0.25) is 10.0 Å². The van der Waals surface area contributed by atoms with Gasteiger partial charge < -0.3 is 10.2 Å². The minimum Gasteiger partial charge on any atom is -0.352 e. The Balaban J connectivity index is 1.89. The molecule has 1 aliphatic carbocycles. The number of hydrogen-bond donors (Lipinski definition) is 1. The van der Waals surface area contributed by atoms with Gasteiger partial charge in [0.05, 0.1) is 22.0 Å². The van der Waals surface area contributed by atoms with Gasteiger partial charge in [0.1, 0.15) is 12.6 Å². The molecule has 1 atom stereocenters. The fourth-order valence-electron chi connectivity index (χ4n) is 4.72. The van der Waals surface area contributed by atoms with Crippen LogP contribution in [0.25, 0.3) is 0 Å². The molecule has 1 N–H and O–H groups in total. The van der Waals surface area contributed by atoms with Gasteiger partial charge in [0.2, 0.25) is 21.8 Å². The van der Waals surface area contributed by atoms with Gasteiger partial charge in [-0.05, 0) is 43.4 Å². The Morgan fingerprint density at radius 3 is 2.32 bits per heavy atom. The Hall–Kier alpha value is -2.29. The van der Waals surface area contributed by atoms with Gasteiger partial charge in [-0.25, -0.2) is 8.42 Å². The van der Waals surface area contributed by atoms with Crippen molar-refractivity contribution in [2.24, 2.45) is 0 Å². The Kier molecular flexibility index (Phi) is 10.7. The molecule has 2 aromatic rings. The predicted octanol–water partition coefficient (Wildman–Crippen LogP) is 5.06. The molecule has 0 bridgehead atoms. The summed E-state index contributed by atoms with van der Waals surface area (Å²) in [7, 11) is -3.89. The quantitative estimate of drug-likeness (QED) is 0.411. The third-order valence-electron chi connectivity index (χ3n) is 6.70. The molecule has 0 aliphatic heterocycles. The molecule has 10 heteroatoms. The summed E-state index contributed by atoms with van der Waals surface area (Å²) in [6, 6.07) is 13.7. The number of anilines is 1. The molecule has 0 unspecified atom stereocenters. The molecule has 202 valence electrons. The lowest BCUT2D eigenvalue weighted by Crippen LogP contribution is -2.54. The van der Waals surface area contributed by atoms with Gasteiger partial charge in [-0.3, -0.25) is 13.9 Å². The predicted molar refractivity (Wildman–Crippen MR) is 150 cm³/mol. The highest BCUT2D eigenvalue weighted by atomic mass is 35.5. The fourth-order valence-corrected chi connectivity index (χ4v) is 6.02. The van der Waals surface area contributed by atoms with Gasteiger partial charge in [-0.15, -0.1) is 0 Å². The van der Waals surface area contributed by atoms with Crippen molar-refractivity contribution in [2.75, 3.05) is 23.7 Å². The van der Waals surface area contributed by atoms with E-state index in [1.54, 1.807) is 12.1 Å². The smallest absolute Gasteiger partial charge is 0.244 e. The molecule has 1 fully saturated rings. The number of nitrogens with one attached hydrogen (secondary N) is 1. The highest BCUT2D eigenvalue weighted by Crippen LogP contribution is 2.33. The summed E-state index contributed by atoms with van der Waals surface area (Å²) in [6.45, 7) is 1.62. The van der Waals surface area contributed by atoms with Crippen LogP contribution in [-0.2, 0) is 26.0 Å². The Labute approximate surface area is 230 Å². The minimum absolute atomic E-state index is 0.0420. The lowest BCUT2D eigenvalue weighted by molar-refractivity contribution is -0.140. The molecule has 0 aromatic heterocycles. The molecule has 3 rings (SSSR count). The van der Waals surface area contributed by atoms with Crippen molar-refractivity contribution in [3.63, 3.8) is 0 Å². The van der Waals surface area contributed by atoms with Crippen LogP contribution >= 0.6 is 23.2 Å². The molecule has 2 aromatic carbocycles. The van der Waals surface area contributed by atoms with E-state index in [1.165, 1.54) is 17.4 Å². The number of nitrogens with zero attached hydrogens (tertiary/aromatic N) is 2. The molecule has 0 radical (unpaired) electrons. The number of carbonyl (C=O) groups excluding carboxylic acids is 2. The van der Waals surface area contributed by atoms with E-state index in [0.29, 0.717) is 12.8 Å². The first kappa shape index (κ1) is 29.3. The van der Waals surface area contributed by atoms with E-state index < -0.39 is 28.5 Å². The summed E-state index contributed by atoms with van der Waals surface area (Å²) in [5, 5.41) is 3.35. The second-order valence-corrected chi connectivity index (χ2v) is 12.1.